The fourth-order valence-corrected chi connectivity index (χ4v) is 4.16. The first-order chi connectivity index (χ1) is 15.2. The van der Waals surface area contributed by atoms with Crippen molar-refractivity contribution in [2.75, 3.05) is 6.61 Å². The Morgan fingerprint density at radius 1 is 1.16 bits per heavy atom. The number of esters is 1. The molecule has 0 aromatic heterocycles. The largest absolute Gasteiger partial charge is 0.462 e. The fourth-order valence-electron chi connectivity index (χ4n) is 3.85. The molecule has 0 saturated heterocycles. The summed E-state index contributed by atoms with van der Waals surface area (Å²) >= 11 is 6.73. The first kappa shape index (κ1) is 22.3. The molecule has 1 unspecified atom stereocenters. The van der Waals surface area contributed by atoms with Gasteiger partial charge in [-0.15, -0.1) is 0 Å². The molecule has 0 bridgehead atoms. The second-order valence-electron chi connectivity index (χ2n) is 8.14. The van der Waals surface area contributed by atoms with Gasteiger partial charge in [-0.2, -0.15) is 0 Å². The number of carbonyl (C=O) groups excluding carboxylic acids is 1. The Morgan fingerprint density at radius 2 is 1.91 bits per heavy atom. The Morgan fingerprint density at radius 3 is 2.62 bits per heavy atom. The van der Waals surface area contributed by atoms with Gasteiger partial charge < -0.3 is 14.2 Å². The highest BCUT2D eigenvalue weighted by molar-refractivity contribution is 6.32. The zero-order valence-electron chi connectivity index (χ0n) is 18.4. The number of hydrogen-bond donors (Lipinski definition) is 0. The van der Waals surface area contributed by atoms with E-state index in [1.54, 1.807) is 52.0 Å². The predicted molar refractivity (Wildman–Crippen MR) is 122 cm³/mol. The van der Waals surface area contributed by atoms with Gasteiger partial charge in [-0.1, -0.05) is 41.9 Å². The van der Waals surface area contributed by atoms with Gasteiger partial charge >= 0.3 is 5.97 Å². The molecule has 0 radical (unpaired) electrons. The van der Waals surface area contributed by atoms with Crippen LogP contribution in [0, 0.1) is 12.7 Å². The van der Waals surface area contributed by atoms with Gasteiger partial charge in [-0.05, 0) is 60.4 Å². The molecule has 0 aliphatic carbocycles. The second kappa shape index (κ2) is 8.57. The Balaban J connectivity index is 1.86. The van der Waals surface area contributed by atoms with E-state index in [4.69, 9.17) is 25.8 Å². The topological polar surface area (TPSA) is 44.8 Å². The molecule has 166 valence electrons. The molecular formula is C26H24ClFO4. The minimum Gasteiger partial charge on any atom is -0.462 e. The van der Waals surface area contributed by atoms with Crippen LogP contribution >= 0.6 is 11.6 Å². The lowest BCUT2D eigenvalue weighted by Gasteiger charge is -2.38. The molecule has 32 heavy (non-hydrogen) atoms. The van der Waals surface area contributed by atoms with Gasteiger partial charge in [0.25, 0.3) is 0 Å². The van der Waals surface area contributed by atoms with Crippen molar-refractivity contribution in [2.45, 2.75) is 39.6 Å². The molecule has 3 aromatic rings. The van der Waals surface area contributed by atoms with E-state index >= 15 is 0 Å². The number of hydrogen-bond acceptors (Lipinski definition) is 4. The van der Waals surface area contributed by atoms with Crippen LogP contribution in [0.15, 0.2) is 54.6 Å². The van der Waals surface area contributed by atoms with E-state index < -0.39 is 17.9 Å². The maximum atomic E-state index is 14.3. The quantitative estimate of drug-likeness (QED) is 0.404. The average Bonchev–Trinajstić information content (AvgIpc) is 2.74. The van der Waals surface area contributed by atoms with Crippen molar-refractivity contribution in [3.8, 4) is 16.9 Å². The molecule has 0 amide bonds. The first-order valence-corrected chi connectivity index (χ1v) is 10.8. The Kier molecular flexibility index (Phi) is 5.97. The monoisotopic (exact) mass is 454 g/mol. The zero-order valence-corrected chi connectivity index (χ0v) is 19.1. The van der Waals surface area contributed by atoms with E-state index in [1.165, 1.54) is 6.07 Å². The summed E-state index contributed by atoms with van der Waals surface area (Å²) in [5.74, 6) is -1.17. The molecule has 1 aliphatic heterocycles. The Hall–Kier alpha value is -2.89. The van der Waals surface area contributed by atoms with Crippen molar-refractivity contribution < 1.29 is 23.4 Å². The van der Waals surface area contributed by atoms with Crippen LogP contribution in [0.2, 0.25) is 5.02 Å². The van der Waals surface area contributed by atoms with Gasteiger partial charge in [0.1, 0.15) is 17.7 Å². The summed E-state index contributed by atoms with van der Waals surface area (Å²) in [4.78, 5) is 12.5. The molecular weight excluding hydrogens is 431 g/mol. The number of carbonyl (C=O) groups is 1. The molecule has 3 aromatic carbocycles. The van der Waals surface area contributed by atoms with Gasteiger partial charge in [0.05, 0.1) is 17.2 Å². The number of benzene rings is 3. The van der Waals surface area contributed by atoms with Crippen LogP contribution in [0.25, 0.3) is 11.1 Å². The van der Waals surface area contributed by atoms with Crippen molar-refractivity contribution >= 4 is 17.6 Å². The van der Waals surface area contributed by atoms with E-state index in [-0.39, 0.29) is 12.4 Å². The van der Waals surface area contributed by atoms with Crippen molar-refractivity contribution in [1.82, 2.24) is 0 Å². The maximum absolute atomic E-state index is 14.3. The minimum atomic E-state index is -0.971. The molecule has 1 aliphatic rings. The molecule has 1 heterocycles. The molecule has 0 N–H and O–H groups in total. The summed E-state index contributed by atoms with van der Waals surface area (Å²) in [6.45, 7) is 7.34. The molecule has 0 saturated carbocycles. The Labute approximate surface area is 191 Å². The van der Waals surface area contributed by atoms with Gasteiger partial charge in [0.2, 0.25) is 5.79 Å². The van der Waals surface area contributed by atoms with Crippen molar-refractivity contribution in [2.24, 2.45) is 0 Å². The maximum Gasteiger partial charge on any atom is 0.338 e. The lowest BCUT2D eigenvalue weighted by atomic mass is 9.93. The number of rotatable bonds is 4. The summed E-state index contributed by atoms with van der Waals surface area (Å²) in [5, 5.41) is 0.401. The van der Waals surface area contributed by atoms with Crippen LogP contribution in [0.1, 0.15) is 53.9 Å². The van der Waals surface area contributed by atoms with E-state index in [1.807, 2.05) is 24.3 Å². The lowest BCUT2D eigenvalue weighted by molar-refractivity contribution is -0.196. The van der Waals surface area contributed by atoms with Gasteiger partial charge in [0.15, 0.2) is 0 Å². The van der Waals surface area contributed by atoms with Crippen molar-refractivity contribution in [1.29, 1.82) is 0 Å². The average molecular weight is 455 g/mol. The first-order valence-electron chi connectivity index (χ1n) is 10.4. The van der Waals surface area contributed by atoms with E-state index in [2.05, 4.69) is 0 Å². The van der Waals surface area contributed by atoms with Crippen LogP contribution in [-0.2, 0) is 9.47 Å². The summed E-state index contributed by atoms with van der Waals surface area (Å²) in [7, 11) is 0. The normalized spacial score (nSPS) is 16.8. The molecule has 0 fully saturated rings. The molecule has 1 atom stereocenters. The summed E-state index contributed by atoms with van der Waals surface area (Å²) in [6, 6.07) is 15.8. The van der Waals surface area contributed by atoms with E-state index in [0.717, 1.165) is 0 Å². The standard InChI is InChI=1S/C26H24ClFO4/c1-5-30-25(29)19-9-7-6-8-18(19)17-12-20(27)23-22(14-17)31-26(3,4)32-24(23)16-11-10-15(2)21(28)13-16/h6-14,24H,5H2,1-4H3. The van der Waals surface area contributed by atoms with Gasteiger partial charge in [-0.25, -0.2) is 9.18 Å². The third-order valence-electron chi connectivity index (χ3n) is 5.34. The summed E-state index contributed by atoms with van der Waals surface area (Å²) < 4.78 is 31.8. The third kappa shape index (κ3) is 4.23. The van der Waals surface area contributed by atoms with Crippen molar-refractivity contribution in [3.05, 3.63) is 87.7 Å². The summed E-state index contributed by atoms with van der Waals surface area (Å²) in [5.41, 5.74) is 3.65. The molecule has 4 nitrogen and oxygen atoms in total. The van der Waals surface area contributed by atoms with Gasteiger partial charge in [-0.3, -0.25) is 0 Å². The van der Waals surface area contributed by atoms with Gasteiger partial charge in [0, 0.05) is 19.4 Å². The SMILES string of the molecule is CCOC(=O)c1ccccc1-c1cc(Cl)c2c(c1)OC(C)(C)OC2c1ccc(C)c(F)c1. The van der Waals surface area contributed by atoms with Crippen LogP contribution in [0.4, 0.5) is 4.39 Å². The fraction of sp³-hybridized carbons (Fsp3) is 0.269. The lowest BCUT2D eigenvalue weighted by Crippen LogP contribution is -2.38. The van der Waals surface area contributed by atoms with Crippen LogP contribution in [0.3, 0.4) is 0 Å². The smallest absolute Gasteiger partial charge is 0.338 e. The number of aryl methyl sites for hydroxylation is 1. The van der Waals surface area contributed by atoms with Crippen LogP contribution in [-0.4, -0.2) is 18.4 Å². The van der Waals surface area contributed by atoms with E-state index in [0.29, 0.717) is 44.2 Å². The Bertz CT molecular complexity index is 1190. The van der Waals surface area contributed by atoms with Crippen LogP contribution in [0.5, 0.6) is 5.75 Å². The predicted octanol–water partition coefficient (Wildman–Crippen LogP) is 6.87. The molecule has 0 spiro atoms. The number of ether oxygens (including phenoxy) is 3. The summed E-state index contributed by atoms with van der Waals surface area (Å²) in [6.07, 6.45) is -0.606. The highest BCUT2D eigenvalue weighted by Crippen LogP contribution is 2.47. The van der Waals surface area contributed by atoms with Crippen LogP contribution < -0.4 is 4.74 Å². The molecule has 4 rings (SSSR count). The van der Waals surface area contributed by atoms with Crippen molar-refractivity contribution in [3.63, 3.8) is 0 Å². The molecule has 6 heteroatoms. The minimum absolute atomic E-state index is 0.279. The third-order valence-corrected chi connectivity index (χ3v) is 5.66. The highest BCUT2D eigenvalue weighted by Gasteiger charge is 2.37. The second-order valence-corrected chi connectivity index (χ2v) is 8.55. The highest BCUT2D eigenvalue weighted by atomic mass is 35.5. The zero-order chi connectivity index (χ0) is 23.0. The number of fused-ring (bicyclic) bond motifs is 1. The number of halogens is 2. The van der Waals surface area contributed by atoms with E-state index in [9.17, 15) is 9.18 Å².